The van der Waals surface area contributed by atoms with Gasteiger partial charge in [0.2, 0.25) is 0 Å². The second-order valence-electron chi connectivity index (χ2n) is 5.05. The lowest BCUT2D eigenvalue weighted by atomic mass is 10.1. The van der Waals surface area contributed by atoms with E-state index in [4.69, 9.17) is 14.6 Å². The number of nitrogens with zero attached hydrogens (tertiary/aromatic N) is 1. The topological polar surface area (TPSA) is 68.7 Å². The van der Waals surface area contributed by atoms with Crippen LogP contribution in [-0.4, -0.2) is 36.4 Å². The number of methoxy groups -OCH3 is 1. The average Bonchev–Trinajstić information content (AvgIpc) is 2.97. The van der Waals surface area contributed by atoms with Crippen LogP contribution in [0.4, 0.5) is 0 Å². The number of thiazole rings is 1. The van der Waals surface area contributed by atoms with Crippen LogP contribution in [-0.2, 0) is 4.74 Å². The van der Waals surface area contributed by atoms with Crippen molar-refractivity contribution in [2.45, 2.75) is 13.8 Å². The number of hydrogen-bond donors (Lipinski definition) is 1. The standard InChI is InChI=1S/C16H19NO4S/c1-10(8-18)9-21-13-6-4-5-12(16(19)20-3)14(13)15-17-7-11(2)22-15/h4-7,10,18H,8-9H2,1-3H3. The normalized spacial score (nSPS) is 12.0. The van der Waals surface area contributed by atoms with Gasteiger partial charge in [-0.05, 0) is 19.1 Å². The molecule has 0 radical (unpaired) electrons. The van der Waals surface area contributed by atoms with E-state index in [1.165, 1.54) is 18.4 Å². The molecule has 2 rings (SSSR count). The highest BCUT2D eigenvalue weighted by molar-refractivity contribution is 7.15. The van der Waals surface area contributed by atoms with Crippen molar-refractivity contribution >= 4 is 17.3 Å². The number of benzene rings is 1. The molecule has 0 aliphatic heterocycles. The minimum atomic E-state index is -0.427. The monoisotopic (exact) mass is 321 g/mol. The first kappa shape index (κ1) is 16.5. The summed E-state index contributed by atoms with van der Waals surface area (Å²) < 4.78 is 10.6. The van der Waals surface area contributed by atoms with Crippen LogP contribution in [0.3, 0.4) is 0 Å². The minimum absolute atomic E-state index is 0.00710. The lowest BCUT2D eigenvalue weighted by molar-refractivity contribution is 0.0601. The van der Waals surface area contributed by atoms with Gasteiger partial charge in [0.25, 0.3) is 0 Å². The highest BCUT2D eigenvalue weighted by atomic mass is 32.1. The van der Waals surface area contributed by atoms with Gasteiger partial charge in [0, 0.05) is 23.6 Å². The zero-order valence-corrected chi connectivity index (χ0v) is 13.6. The number of aryl methyl sites for hydroxylation is 1. The molecule has 0 saturated carbocycles. The van der Waals surface area contributed by atoms with E-state index in [-0.39, 0.29) is 12.5 Å². The van der Waals surface area contributed by atoms with E-state index in [0.717, 1.165) is 4.88 Å². The molecule has 0 saturated heterocycles. The molecule has 1 aromatic heterocycles. The summed E-state index contributed by atoms with van der Waals surface area (Å²) in [7, 11) is 1.35. The molecule has 5 nitrogen and oxygen atoms in total. The number of aliphatic hydroxyl groups is 1. The third-order valence-electron chi connectivity index (χ3n) is 3.10. The Morgan fingerprint density at radius 2 is 2.23 bits per heavy atom. The van der Waals surface area contributed by atoms with Crippen LogP contribution < -0.4 is 4.74 Å². The quantitative estimate of drug-likeness (QED) is 0.829. The van der Waals surface area contributed by atoms with Crippen LogP contribution >= 0.6 is 11.3 Å². The number of carbonyl (C=O) groups is 1. The number of hydrogen-bond acceptors (Lipinski definition) is 6. The Morgan fingerprint density at radius 3 is 2.82 bits per heavy atom. The predicted octanol–water partition coefficient (Wildman–Crippen LogP) is 2.91. The van der Waals surface area contributed by atoms with Crippen LogP contribution in [0.25, 0.3) is 10.6 Å². The zero-order valence-electron chi connectivity index (χ0n) is 12.8. The van der Waals surface area contributed by atoms with E-state index in [1.807, 2.05) is 13.8 Å². The number of esters is 1. The summed E-state index contributed by atoms with van der Waals surface area (Å²) in [5.74, 6) is 0.147. The van der Waals surface area contributed by atoms with E-state index < -0.39 is 5.97 Å². The van der Waals surface area contributed by atoms with Crippen LogP contribution in [0.5, 0.6) is 5.75 Å². The van der Waals surface area contributed by atoms with Gasteiger partial charge >= 0.3 is 5.97 Å². The van der Waals surface area contributed by atoms with Crippen molar-refractivity contribution < 1.29 is 19.4 Å². The molecule has 6 heteroatoms. The molecule has 1 heterocycles. The highest BCUT2D eigenvalue weighted by Crippen LogP contribution is 2.36. The van der Waals surface area contributed by atoms with Crippen LogP contribution in [0.2, 0.25) is 0 Å². The van der Waals surface area contributed by atoms with Gasteiger partial charge in [0.05, 0.1) is 24.8 Å². The Balaban J connectivity index is 2.46. The van der Waals surface area contributed by atoms with E-state index in [2.05, 4.69) is 4.98 Å². The van der Waals surface area contributed by atoms with Crippen LogP contribution in [0, 0.1) is 12.8 Å². The second-order valence-corrected chi connectivity index (χ2v) is 6.28. The third kappa shape index (κ3) is 3.64. The summed E-state index contributed by atoms with van der Waals surface area (Å²) in [6.45, 7) is 4.24. The largest absolute Gasteiger partial charge is 0.492 e. The van der Waals surface area contributed by atoms with Gasteiger partial charge in [-0.3, -0.25) is 0 Å². The summed E-state index contributed by atoms with van der Waals surface area (Å²) in [5, 5.41) is 9.83. The molecule has 118 valence electrons. The van der Waals surface area contributed by atoms with E-state index in [9.17, 15) is 4.79 Å². The van der Waals surface area contributed by atoms with Crippen molar-refractivity contribution in [3.63, 3.8) is 0 Å². The summed E-state index contributed by atoms with van der Waals surface area (Å²) >= 11 is 1.49. The Kier molecular flexibility index (Phi) is 5.51. The van der Waals surface area contributed by atoms with Gasteiger partial charge in [-0.15, -0.1) is 11.3 Å². The predicted molar refractivity (Wildman–Crippen MR) is 85.4 cm³/mol. The zero-order chi connectivity index (χ0) is 16.1. The average molecular weight is 321 g/mol. The fourth-order valence-electron chi connectivity index (χ4n) is 1.91. The molecule has 0 fully saturated rings. The van der Waals surface area contributed by atoms with Crippen LogP contribution in [0.1, 0.15) is 22.2 Å². The second kappa shape index (κ2) is 7.38. The maximum absolute atomic E-state index is 12.0. The Labute approximate surface area is 133 Å². The molecule has 1 atom stereocenters. The number of aromatic nitrogens is 1. The molecule has 0 aliphatic rings. The lowest BCUT2D eigenvalue weighted by Gasteiger charge is -2.15. The van der Waals surface area contributed by atoms with Crippen LogP contribution in [0.15, 0.2) is 24.4 Å². The van der Waals surface area contributed by atoms with Crippen molar-refractivity contribution in [1.29, 1.82) is 0 Å². The summed E-state index contributed by atoms with van der Waals surface area (Å²) in [5.41, 5.74) is 1.06. The SMILES string of the molecule is COC(=O)c1cccc(OCC(C)CO)c1-c1ncc(C)s1. The lowest BCUT2D eigenvalue weighted by Crippen LogP contribution is -2.13. The molecule has 1 unspecified atom stereocenters. The van der Waals surface area contributed by atoms with Gasteiger partial charge in [-0.2, -0.15) is 0 Å². The van der Waals surface area contributed by atoms with Crippen molar-refractivity contribution in [2.24, 2.45) is 5.92 Å². The molecule has 1 aromatic carbocycles. The first-order valence-electron chi connectivity index (χ1n) is 6.94. The molecule has 2 aromatic rings. The first-order valence-corrected chi connectivity index (χ1v) is 7.76. The first-order chi connectivity index (χ1) is 10.6. The third-order valence-corrected chi connectivity index (χ3v) is 4.03. The summed E-state index contributed by atoms with van der Waals surface area (Å²) in [6, 6.07) is 5.23. The molecular weight excluding hydrogens is 302 g/mol. The summed E-state index contributed by atoms with van der Waals surface area (Å²) in [4.78, 5) is 17.4. The summed E-state index contributed by atoms with van der Waals surface area (Å²) in [6.07, 6.45) is 1.76. The molecule has 0 spiro atoms. The maximum Gasteiger partial charge on any atom is 0.338 e. The number of rotatable bonds is 6. The molecule has 0 amide bonds. The van der Waals surface area contributed by atoms with Gasteiger partial charge in [0.1, 0.15) is 10.8 Å². The van der Waals surface area contributed by atoms with E-state index in [0.29, 0.717) is 28.5 Å². The molecule has 1 N–H and O–H groups in total. The van der Waals surface area contributed by atoms with Crippen molar-refractivity contribution in [1.82, 2.24) is 4.98 Å². The maximum atomic E-state index is 12.0. The Bertz CT molecular complexity index is 653. The van der Waals surface area contributed by atoms with Gasteiger partial charge < -0.3 is 14.6 Å². The fraction of sp³-hybridized carbons (Fsp3) is 0.375. The fourth-order valence-corrected chi connectivity index (χ4v) is 2.74. The number of ether oxygens (including phenoxy) is 2. The van der Waals surface area contributed by atoms with Crippen molar-refractivity contribution in [3.8, 4) is 16.3 Å². The van der Waals surface area contributed by atoms with E-state index in [1.54, 1.807) is 24.4 Å². The Hall–Kier alpha value is -1.92. The molecular formula is C16H19NO4S. The van der Waals surface area contributed by atoms with Gasteiger partial charge in [-0.25, -0.2) is 9.78 Å². The highest BCUT2D eigenvalue weighted by Gasteiger charge is 2.20. The molecule has 0 bridgehead atoms. The van der Waals surface area contributed by atoms with E-state index >= 15 is 0 Å². The van der Waals surface area contributed by atoms with Crippen molar-refractivity contribution in [3.05, 3.63) is 34.8 Å². The molecule has 0 aliphatic carbocycles. The number of aliphatic hydroxyl groups excluding tert-OH is 1. The van der Waals surface area contributed by atoms with Gasteiger partial charge in [0.15, 0.2) is 0 Å². The minimum Gasteiger partial charge on any atom is -0.492 e. The Morgan fingerprint density at radius 1 is 1.45 bits per heavy atom. The van der Waals surface area contributed by atoms with Crippen molar-refractivity contribution in [2.75, 3.05) is 20.3 Å². The molecule has 22 heavy (non-hydrogen) atoms. The number of carbonyl (C=O) groups excluding carboxylic acids is 1. The van der Waals surface area contributed by atoms with Gasteiger partial charge in [-0.1, -0.05) is 13.0 Å². The smallest absolute Gasteiger partial charge is 0.338 e.